The highest BCUT2D eigenvalue weighted by Crippen LogP contribution is 2.25. The van der Waals surface area contributed by atoms with Gasteiger partial charge in [0.05, 0.1) is 18.4 Å². The minimum Gasteiger partial charge on any atom is -0.476 e. The number of aromatic nitrogens is 4. The van der Waals surface area contributed by atoms with Gasteiger partial charge in [-0.3, -0.25) is 0 Å². The number of anilines is 1. The third-order valence-electron chi connectivity index (χ3n) is 4.04. The van der Waals surface area contributed by atoms with Gasteiger partial charge in [0, 0.05) is 31.9 Å². The topological polar surface area (TPSA) is 84.1 Å². The number of carbonyl (C=O) groups is 1. The van der Waals surface area contributed by atoms with E-state index in [9.17, 15) is 4.79 Å². The molecule has 1 aliphatic rings. The Labute approximate surface area is 128 Å². The van der Waals surface area contributed by atoms with Crippen molar-refractivity contribution >= 4 is 11.8 Å². The molecule has 0 aromatic carbocycles. The van der Waals surface area contributed by atoms with Crippen LogP contribution in [0.3, 0.4) is 0 Å². The van der Waals surface area contributed by atoms with Gasteiger partial charge in [0.25, 0.3) is 0 Å². The van der Waals surface area contributed by atoms with Crippen LogP contribution in [-0.4, -0.2) is 43.7 Å². The SMILES string of the molecule is CCc1nccn1C1CCCN(c2cnc(C(=O)O)cn2)C1. The van der Waals surface area contributed by atoms with E-state index in [1.54, 1.807) is 6.20 Å². The molecule has 2 aromatic heterocycles. The Morgan fingerprint density at radius 2 is 2.23 bits per heavy atom. The summed E-state index contributed by atoms with van der Waals surface area (Å²) in [6.07, 6.45) is 9.83. The van der Waals surface area contributed by atoms with Crippen LogP contribution in [0, 0.1) is 0 Å². The summed E-state index contributed by atoms with van der Waals surface area (Å²) in [4.78, 5) is 25.6. The third kappa shape index (κ3) is 2.79. The number of piperidine rings is 1. The highest BCUT2D eigenvalue weighted by atomic mass is 16.4. The summed E-state index contributed by atoms with van der Waals surface area (Å²) in [5.41, 5.74) is -0.0276. The van der Waals surface area contributed by atoms with E-state index in [0.717, 1.165) is 44.0 Å². The summed E-state index contributed by atoms with van der Waals surface area (Å²) in [6, 6.07) is 0.368. The molecule has 1 fully saturated rings. The van der Waals surface area contributed by atoms with Crippen LogP contribution in [0.4, 0.5) is 5.82 Å². The number of carboxylic acids is 1. The van der Waals surface area contributed by atoms with Gasteiger partial charge in [0.2, 0.25) is 0 Å². The molecule has 1 aliphatic heterocycles. The van der Waals surface area contributed by atoms with E-state index in [-0.39, 0.29) is 5.69 Å². The molecule has 1 saturated heterocycles. The van der Waals surface area contributed by atoms with E-state index < -0.39 is 5.97 Å². The van der Waals surface area contributed by atoms with Crippen molar-refractivity contribution in [1.29, 1.82) is 0 Å². The van der Waals surface area contributed by atoms with Crippen LogP contribution in [0.15, 0.2) is 24.8 Å². The standard InChI is InChI=1S/C15H19N5O2/c1-2-13-16-5-7-20(13)11-4-3-6-19(10-11)14-9-17-12(8-18-14)15(21)22/h5,7-9,11H,2-4,6,10H2,1H3,(H,21,22). The molecule has 1 atom stereocenters. The molecule has 22 heavy (non-hydrogen) atoms. The van der Waals surface area contributed by atoms with Crippen molar-refractivity contribution in [2.75, 3.05) is 18.0 Å². The van der Waals surface area contributed by atoms with Crippen molar-refractivity contribution in [1.82, 2.24) is 19.5 Å². The zero-order valence-corrected chi connectivity index (χ0v) is 12.5. The largest absolute Gasteiger partial charge is 0.476 e. The summed E-state index contributed by atoms with van der Waals surface area (Å²) in [6.45, 7) is 3.85. The summed E-state index contributed by atoms with van der Waals surface area (Å²) in [7, 11) is 0. The van der Waals surface area contributed by atoms with Gasteiger partial charge in [-0.2, -0.15) is 0 Å². The van der Waals surface area contributed by atoms with E-state index in [0.29, 0.717) is 6.04 Å². The van der Waals surface area contributed by atoms with Gasteiger partial charge in [-0.25, -0.2) is 19.7 Å². The predicted octanol–water partition coefficient (Wildman–Crippen LogP) is 1.78. The molecule has 0 saturated carbocycles. The van der Waals surface area contributed by atoms with Crippen LogP contribution in [0.1, 0.15) is 42.1 Å². The number of carboxylic acid groups (broad SMARTS) is 1. The first kappa shape index (κ1) is 14.5. The average Bonchev–Trinajstić information content (AvgIpc) is 3.04. The highest BCUT2D eigenvalue weighted by Gasteiger charge is 2.23. The summed E-state index contributed by atoms with van der Waals surface area (Å²) in [5.74, 6) is 0.772. The van der Waals surface area contributed by atoms with Gasteiger partial charge in [0.15, 0.2) is 5.69 Å². The number of hydrogen-bond donors (Lipinski definition) is 1. The minimum absolute atomic E-state index is 0.0276. The molecule has 1 unspecified atom stereocenters. The summed E-state index contributed by atoms with van der Waals surface area (Å²) < 4.78 is 2.24. The first-order valence-electron chi connectivity index (χ1n) is 7.51. The number of hydrogen-bond acceptors (Lipinski definition) is 5. The van der Waals surface area contributed by atoms with Gasteiger partial charge < -0.3 is 14.6 Å². The zero-order valence-electron chi connectivity index (χ0n) is 12.5. The molecular weight excluding hydrogens is 282 g/mol. The van der Waals surface area contributed by atoms with Crippen molar-refractivity contribution in [3.63, 3.8) is 0 Å². The normalized spacial score (nSPS) is 18.4. The van der Waals surface area contributed by atoms with Crippen molar-refractivity contribution in [2.24, 2.45) is 0 Å². The van der Waals surface area contributed by atoms with E-state index in [2.05, 4.69) is 31.3 Å². The molecule has 3 rings (SSSR count). The van der Waals surface area contributed by atoms with Crippen LogP contribution in [0.5, 0.6) is 0 Å². The second kappa shape index (κ2) is 6.13. The zero-order chi connectivity index (χ0) is 15.5. The van der Waals surface area contributed by atoms with Crippen molar-refractivity contribution in [2.45, 2.75) is 32.2 Å². The second-order valence-electron chi connectivity index (χ2n) is 5.41. The maximum absolute atomic E-state index is 10.8. The maximum atomic E-state index is 10.8. The van der Waals surface area contributed by atoms with E-state index in [1.807, 2.05) is 12.4 Å². The Morgan fingerprint density at radius 1 is 1.36 bits per heavy atom. The van der Waals surface area contributed by atoms with Gasteiger partial charge in [-0.15, -0.1) is 0 Å². The van der Waals surface area contributed by atoms with E-state index >= 15 is 0 Å². The number of imidazole rings is 1. The molecule has 0 aliphatic carbocycles. The lowest BCUT2D eigenvalue weighted by Crippen LogP contribution is -2.37. The quantitative estimate of drug-likeness (QED) is 0.926. The third-order valence-corrected chi connectivity index (χ3v) is 4.04. The Balaban J connectivity index is 1.76. The molecule has 2 aromatic rings. The molecule has 7 nitrogen and oxygen atoms in total. The lowest BCUT2D eigenvalue weighted by atomic mass is 10.1. The van der Waals surface area contributed by atoms with Crippen molar-refractivity contribution in [3.05, 3.63) is 36.3 Å². The molecule has 1 N–H and O–H groups in total. The Kier molecular flexibility index (Phi) is 4.04. The molecule has 0 amide bonds. The highest BCUT2D eigenvalue weighted by molar-refractivity contribution is 5.84. The number of aromatic carboxylic acids is 1. The fourth-order valence-corrected chi connectivity index (χ4v) is 2.94. The number of rotatable bonds is 4. The molecule has 116 valence electrons. The van der Waals surface area contributed by atoms with Gasteiger partial charge in [0.1, 0.15) is 11.6 Å². The molecule has 7 heteroatoms. The van der Waals surface area contributed by atoms with Crippen molar-refractivity contribution < 1.29 is 9.90 Å². The molecular formula is C15H19N5O2. The number of aryl methyl sites for hydroxylation is 1. The smallest absolute Gasteiger partial charge is 0.356 e. The van der Waals surface area contributed by atoms with Gasteiger partial charge in [-0.1, -0.05) is 6.92 Å². The minimum atomic E-state index is -1.05. The van der Waals surface area contributed by atoms with Gasteiger partial charge in [-0.05, 0) is 12.8 Å². The summed E-state index contributed by atoms with van der Waals surface area (Å²) in [5, 5.41) is 8.88. The average molecular weight is 301 g/mol. The second-order valence-corrected chi connectivity index (χ2v) is 5.41. The first-order chi connectivity index (χ1) is 10.7. The van der Waals surface area contributed by atoms with Crippen LogP contribution >= 0.6 is 0 Å². The van der Waals surface area contributed by atoms with E-state index in [4.69, 9.17) is 5.11 Å². The van der Waals surface area contributed by atoms with Crippen LogP contribution in [-0.2, 0) is 6.42 Å². The Morgan fingerprint density at radius 3 is 2.91 bits per heavy atom. The number of nitrogens with zero attached hydrogens (tertiary/aromatic N) is 5. The molecule has 0 radical (unpaired) electrons. The first-order valence-corrected chi connectivity index (χ1v) is 7.51. The molecule has 3 heterocycles. The van der Waals surface area contributed by atoms with Crippen LogP contribution < -0.4 is 4.90 Å². The van der Waals surface area contributed by atoms with Crippen LogP contribution in [0.25, 0.3) is 0 Å². The summed E-state index contributed by atoms with van der Waals surface area (Å²) >= 11 is 0. The monoisotopic (exact) mass is 301 g/mol. The lowest BCUT2D eigenvalue weighted by Gasteiger charge is -2.34. The maximum Gasteiger partial charge on any atom is 0.356 e. The van der Waals surface area contributed by atoms with E-state index in [1.165, 1.54) is 6.20 Å². The van der Waals surface area contributed by atoms with Crippen molar-refractivity contribution in [3.8, 4) is 0 Å². The van der Waals surface area contributed by atoms with Gasteiger partial charge >= 0.3 is 5.97 Å². The fourth-order valence-electron chi connectivity index (χ4n) is 2.94. The fraction of sp³-hybridized carbons (Fsp3) is 0.467. The molecule has 0 bridgehead atoms. The predicted molar refractivity (Wildman–Crippen MR) is 81.1 cm³/mol. The Bertz CT molecular complexity index is 652. The lowest BCUT2D eigenvalue weighted by molar-refractivity contribution is 0.0690. The van der Waals surface area contributed by atoms with Crippen LogP contribution in [0.2, 0.25) is 0 Å². The Hall–Kier alpha value is -2.44. The molecule has 0 spiro atoms.